The third-order valence-electron chi connectivity index (χ3n) is 17.0. The number of nitrogens with one attached hydrogen (secondary N) is 1. The summed E-state index contributed by atoms with van der Waals surface area (Å²) in [5.74, 6) is -0.560. The maximum absolute atomic E-state index is 12.6. The molecule has 518 valence electrons. The van der Waals surface area contributed by atoms with Gasteiger partial charge in [0.05, 0.1) is 67.1 Å². The van der Waals surface area contributed by atoms with Gasteiger partial charge in [-0.25, -0.2) is 19.1 Å². The average molecular weight is 1460 g/mol. The van der Waals surface area contributed by atoms with Crippen LogP contribution in [0.5, 0.6) is 0 Å². The smallest absolute Gasteiger partial charge is 0.465 e. The van der Waals surface area contributed by atoms with E-state index in [9.17, 15) is 24.4 Å². The Balaban J connectivity index is 0.000000200. The number of fused-ring (bicyclic) bond motifs is 4. The molecule has 19 nitrogen and oxygen atoms in total. The first-order chi connectivity index (χ1) is 45.1. The Labute approximate surface area is 583 Å². The van der Waals surface area contributed by atoms with E-state index < -0.39 is 52.6 Å². The maximum atomic E-state index is 12.6. The molecule has 2 aliphatic rings. The molecule has 2 atom stereocenters. The van der Waals surface area contributed by atoms with E-state index in [4.69, 9.17) is 33.5 Å². The van der Waals surface area contributed by atoms with E-state index >= 15 is 0 Å². The monoisotopic (exact) mass is 1460 g/mol. The molecule has 0 fully saturated rings. The lowest BCUT2D eigenvalue weighted by Crippen LogP contribution is -2.41. The summed E-state index contributed by atoms with van der Waals surface area (Å²) in [5, 5.41) is 33.9. The van der Waals surface area contributed by atoms with Gasteiger partial charge in [0.15, 0.2) is 0 Å². The van der Waals surface area contributed by atoms with Gasteiger partial charge in [0.25, 0.3) is 0 Å². The number of halogens is 1. The molecule has 0 saturated heterocycles. The van der Waals surface area contributed by atoms with Crippen LogP contribution >= 0.6 is 22.6 Å². The van der Waals surface area contributed by atoms with Crippen molar-refractivity contribution in [3.8, 4) is 11.4 Å². The van der Waals surface area contributed by atoms with Crippen LogP contribution in [0.25, 0.3) is 33.2 Å². The van der Waals surface area contributed by atoms with E-state index in [1.165, 1.54) is 68.8 Å². The summed E-state index contributed by atoms with van der Waals surface area (Å²) < 4.78 is 48.4. The first kappa shape index (κ1) is 75.4. The van der Waals surface area contributed by atoms with Crippen LogP contribution in [0.1, 0.15) is 112 Å². The van der Waals surface area contributed by atoms with E-state index in [-0.39, 0.29) is 22.0 Å². The van der Waals surface area contributed by atoms with Gasteiger partial charge in [-0.1, -0.05) is 126 Å². The van der Waals surface area contributed by atoms with Crippen LogP contribution in [0, 0.1) is 14.5 Å². The molecular weight excluding hydrogens is 1360 g/mol. The topological polar surface area (TPSA) is 214 Å². The lowest BCUT2D eigenvalue weighted by Gasteiger charge is -2.34. The van der Waals surface area contributed by atoms with Gasteiger partial charge in [-0.05, 0) is 178 Å². The van der Waals surface area contributed by atoms with E-state index in [0.29, 0.717) is 44.2 Å². The van der Waals surface area contributed by atoms with Gasteiger partial charge >= 0.3 is 25.3 Å². The number of hydrogen-bond donors (Lipinski definition) is 3. The molecule has 10 rings (SSSR count). The summed E-state index contributed by atoms with van der Waals surface area (Å²) in [6, 6.07) is 37.8. The highest BCUT2D eigenvalue weighted by atomic mass is 127. The summed E-state index contributed by atoms with van der Waals surface area (Å²) in [5.41, 5.74) is 10.8. The van der Waals surface area contributed by atoms with Crippen LogP contribution in [-0.4, -0.2) is 132 Å². The fourth-order valence-corrected chi connectivity index (χ4v) is 14.0. The molecule has 4 aromatic heterocycles. The Bertz CT molecular complexity index is 3940. The molecule has 0 aliphatic heterocycles. The number of aromatic nitrogens is 6. The molecule has 0 saturated carbocycles. The number of rotatable bonds is 22. The molecule has 2 aliphatic carbocycles. The quantitative estimate of drug-likeness (QED) is 0.0189. The van der Waals surface area contributed by atoms with Crippen LogP contribution in [-0.2, 0) is 85.5 Å². The Hall–Kier alpha value is -6.42. The number of esters is 1. The van der Waals surface area contributed by atoms with Crippen molar-refractivity contribution in [1.82, 2.24) is 28.7 Å². The molecule has 8 aromatic rings. The van der Waals surface area contributed by atoms with Crippen molar-refractivity contribution < 1.29 is 57.6 Å². The van der Waals surface area contributed by atoms with E-state index in [2.05, 4.69) is 167 Å². The Morgan fingerprint density at radius 1 is 0.646 bits per heavy atom. The Morgan fingerprint density at radius 3 is 1.72 bits per heavy atom. The SMILES string of the molecule is CC1(COCc2ccccc2)CCc2c(I)nn(C(=O)OC(C)(C)C)c2C1.CNc1ccc2cc(-c3nn(COCC[Si](C)(C)C)c4c3CCC(C)(COCc3ccccc3)C4)n(COCC[Si](C)(C)C)c2c1.COC(=O)c1ccc2cc(B(O)O)n(C(=O)OC(C)(C)C)c2c1. The van der Waals surface area contributed by atoms with Crippen LogP contribution in [0.3, 0.4) is 0 Å². The lowest BCUT2D eigenvalue weighted by molar-refractivity contribution is 0.0305. The number of benzene rings is 4. The molecule has 0 amide bonds. The summed E-state index contributed by atoms with van der Waals surface area (Å²) in [6.07, 6.45) is 4.44. The Kier molecular flexibility index (Phi) is 25.2. The predicted molar refractivity (Wildman–Crippen MR) is 395 cm³/mol. The minimum absolute atomic E-state index is 0.0232. The van der Waals surface area contributed by atoms with Gasteiger partial charge in [-0.3, -0.25) is 4.57 Å². The van der Waals surface area contributed by atoms with Gasteiger partial charge in [0, 0.05) is 64.3 Å². The van der Waals surface area contributed by atoms with Crippen LogP contribution in [0.4, 0.5) is 15.3 Å². The van der Waals surface area contributed by atoms with E-state index in [0.717, 1.165) is 101 Å². The van der Waals surface area contributed by atoms with Crippen molar-refractivity contribution in [3.63, 3.8) is 0 Å². The molecule has 23 heteroatoms. The number of hydrogen-bond acceptors (Lipinski definition) is 15. The van der Waals surface area contributed by atoms with Crippen molar-refractivity contribution in [2.24, 2.45) is 10.8 Å². The molecule has 4 aromatic carbocycles. The summed E-state index contributed by atoms with van der Waals surface area (Å²) in [6.45, 7) is 34.8. The summed E-state index contributed by atoms with van der Waals surface area (Å²) in [4.78, 5) is 36.7. The molecule has 2 unspecified atom stereocenters. The van der Waals surface area contributed by atoms with E-state index in [1.54, 1.807) is 26.8 Å². The first-order valence-electron chi connectivity index (χ1n) is 33.3. The molecule has 0 spiro atoms. The molecule has 3 N–H and O–H groups in total. The van der Waals surface area contributed by atoms with Crippen molar-refractivity contribution in [3.05, 3.63) is 152 Å². The van der Waals surface area contributed by atoms with Gasteiger partial charge in [0.2, 0.25) is 0 Å². The molecule has 96 heavy (non-hydrogen) atoms. The third kappa shape index (κ3) is 20.8. The Morgan fingerprint density at radius 2 is 1.18 bits per heavy atom. The van der Waals surface area contributed by atoms with Crippen molar-refractivity contribution in [2.75, 3.05) is 45.9 Å². The third-order valence-corrected chi connectivity index (χ3v) is 21.3. The minimum Gasteiger partial charge on any atom is -0.465 e. The van der Waals surface area contributed by atoms with Crippen molar-refractivity contribution in [1.29, 1.82) is 0 Å². The van der Waals surface area contributed by atoms with Gasteiger partial charge in [-0.15, -0.1) is 0 Å². The number of ether oxygens (including phenoxy) is 7. The highest BCUT2D eigenvalue weighted by Crippen LogP contribution is 2.42. The average Bonchev–Trinajstić information content (AvgIpc) is 1.60. The zero-order valence-corrected chi connectivity index (χ0v) is 63.5. The van der Waals surface area contributed by atoms with E-state index in [1.807, 2.05) is 46.0 Å². The largest absolute Gasteiger partial charge is 0.506 e. The molecule has 0 bridgehead atoms. The summed E-state index contributed by atoms with van der Waals surface area (Å²) >= 11 is 2.21. The van der Waals surface area contributed by atoms with Crippen molar-refractivity contribution >= 4 is 97.1 Å². The fourth-order valence-electron chi connectivity index (χ4n) is 11.7. The van der Waals surface area contributed by atoms with Gasteiger partial charge in [-0.2, -0.15) is 14.9 Å². The number of nitrogens with zero attached hydrogens (tertiary/aromatic N) is 6. The second-order valence-electron chi connectivity index (χ2n) is 30.5. The van der Waals surface area contributed by atoms with Crippen molar-refractivity contribution in [2.45, 2.75) is 183 Å². The zero-order valence-electron chi connectivity index (χ0n) is 59.3. The molecular formula is C73H101BIN7O12Si2. The van der Waals surface area contributed by atoms with Gasteiger partial charge in [0.1, 0.15) is 34.1 Å². The second-order valence-corrected chi connectivity index (χ2v) is 42.8. The standard InChI is InChI=1S/C37H56N4O3Si2.C21H27IN2O3.C15H18BNO6/c1-37(26-44-25-29-12-10-9-11-13-29)17-16-32-35(24-37)41(28-43-19-21-46(6,7)8)39-36(32)34-22-30-14-15-31(38-2)23-33(30)40(34)27-42-18-20-45(3,4)5;1-20(2,3)27-19(25)24-17-12-21(4,11-10-16(17)18(22)23-24)14-26-13-15-8-6-5-7-9-15;1-15(2,3)23-14(19)17-11-7-10(13(18)22-4)6-5-9(11)8-12(17)16(20)21/h9-15,22-23,38H,16-21,24-28H2,1-8H3;5-9H,10-14H2,1-4H3;5-8,20-21H,1-4H3. The lowest BCUT2D eigenvalue weighted by atomic mass is 9.75. The number of carbonyl (C=O) groups is 3. The highest BCUT2D eigenvalue weighted by Gasteiger charge is 2.38. The maximum Gasteiger partial charge on any atom is 0.506 e. The van der Waals surface area contributed by atoms with Crippen LogP contribution in [0.2, 0.25) is 51.4 Å². The first-order valence-corrected chi connectivity index (χ1v) is 41.8. The minimum atomic E-state index is -1.86. The second kappa shape index (κ2) is 32.1. The summed E-state index contributed by atoms with van der Waals surface area (Å²) in [7, 11) is -1.02. The zero-order chi connectivity index (χ0) is 70.0. The normalized spacial score (nSPS) is 16.4. The van der Waals surface area contributed by atoms with Crippen LogP contribution in [0.15, 0.2) is 109 Å². The van der Waals surface area contributed by atoms with Crippen LogP contribution < -0.4 is 10.9 Å². The highest BCUT2D eigenvalue weighted by molar-refractivity contribution is 14.1. The van der Waals surface area contributed by atoms with Gasteiger partial charge < -0.3 is 53.1 Å². The fraction of sp³-hybridized carbons (Fsp3) is 0.493. The molecule has 0 radical (unpaired) electrons. The number of carbonyl (C=O) groups excluding carboxylic acids is 3. The molecule has 4 heterocycles. The number of methoxy groups -OCH3 is 1. The number of anilines is 1. The predicted octanol–water partition coefficient (Wildman–Crippen LogP) is 14.8.